The third kappa shape index (κ3) is 12.1. The highest BCUT2D eigenvalue weighted by Crippen LogP contribution is 2.37. The van der Waals surface area contributed by atoms with Crippen LogP contribution in [0.2, 0.25) is 0 Å². The van der Waals surface area contributed by atoms with Crippen LogP contribution in [0.5, 0.6) is 0 Å². The molecular formula is C48H59N3O8. The first-order valence-electron chi connectivity index (χ1n) is 21.2. The Labute approximate surface area is 347 Å². The fraction of sp³-hybridized carbons (Fsp3) is 0.479. The van der Waals surface area contributed by atoms with E-state index < -0.39 is 59.8 Å². The van der Waals surface area contributed by atoms with Gasteiger partial charge in [-0.25, -0.2) is 0 Å². The molecule has 11 nitrogen and oxygen atoms in total. The highest BCUT2D eigenvalue weighted by molar-refractivity contribution is 6.38. The zero-order valence-electron chi connectivity index (χ0n) is 34.7. The van der Waals surface area contributed by atoms with Gasteiger partial charge in [0.2, 0.25) is 23.5 Å². The number of amides is 3. The van der Waals surface area contributed by atoms with E-state index in [1.165, 1.54) is 0 Å². The van der Waals surface area contributed by atoms with Crippen LogP contribution in [0.3, 0.4) is 0 Å². The Kier molecular flexibility index (Phi) is 16.4. The van der Waals surface area contributed by atoms with Crippen molar-refractivity contribution in [2.24, 2.45) is 23.5 Å². The average molecular weight is 806 g/mol. The number of nitrogens with one attached hydrogen (secondary N) is 1. The first-order chi connectivity index (χ1) is 28.4. The van der Waals surface area contributed by atoms with Crippen molar-refractivity contribution in [3.05, 3.63) is 107 Å². The van der Waals surface area contributed by atoms with Crippen molar-refractivity contribution >= 4 is 40.9 Å². The molecule has 314 valence electrons. The van der Waals surface area contributed by atoms with Crippen LogP contribution in [-0.4, -0.2) is 64.4 Å². The molecule has 5 rings (SSSR count). The van der Waals surface area contributed by atoms with Gasteiger partial charge in [0.05, 0.1) is 18.8 Å². The lowest BCUT2D eigenvalue weighted by molar-refractivity contribution is -0.144. The van der Waals surface area contributed by atoms with E-state index in [1.54, 1.807) is 35.2 Å². The Balaban J connectivity index is 1.32. The molecule has 3 amide bonds. The second-order valence-electron chi connectivity index (χ2n) is 16.3. The molecule has 1 saturated carbocycles. The van der Waals surface area contributed by atoms with Crippen LogP contribution in [0.25, 0.3) is 0 Å². The Morgan fingerprint density at radius 1 is 0.831 bits per heavy atom. The Hall–Kier alpha value is -5.29. The average Bonchev–Trinajstić information content (AvgIpc) is 3.69. The molecule has 1 aliphatic carbocycles. The monoisotopic (exact) mass is 805 g/mol. The number of benzene rings is 3. The summed E-state index contributed by atoms with van der Waals surface area (Å²) in [5.41, 5.74) is 9.45. The number of rotatable bonds is 21. The van der Waals surface area contributed by atoms with E-state index in [0.717, 1.165) is 48.8 Å². The van der Waals surface area contributed by atoms with Crippen molar-refractivity contribution in [1.82, 2.24) is 10.2 Å². The van der Waals surface area contributed by atoms with E-state index >= 15 is 0 Å². The smallest absolute Gasteiger partial charge is 0.244 e. The number of nitrogens with two attached hydrogens (primary N) is 1. The van der Waals surface area contributed by atoms with E-state index in [-0.39, 0.29) is 68.6 Å². The summed E-state index contributed by atoms with van der Waals surface area (Å²) in [6.07, 6.45) is 4.22. The molecule has 0 spiro atoms. The van der Waals surface area contributed by atoms with E-state index in [1.807, 2.05) is 69.3 Å². The largest absolute Gasteiger partial charge is 0.372 e. The summed E-state index contributed by atoms with van der Waals surface area (Å²) in [6, 6.07) is 21.7. The molecule has 2 fully saturated rings. The molecule has 5 atom stereocenters. The maximum atomic E-state index is 14.9. The number of carbonyl (C=O) groups excluding carboxylic acids is 7. The lowest BCUT2D eigenvalue weighted by Gasteiger charge is -2.34. The number of ketones is 4. The summed E-state index contributed by atoms with van der Waals surface area (Å²) >= 11 is 0. The van der Waals surface area contributed by atoms with Gasteiger partial charge in [-0.05, 0) is 61.3 Å². The summed E-state index contributed by atoms with van der Waals surface area (Å²) in [5.74, 6) is -5.16. The maximum absolute atomic E-state index is 14.9. The van der Waals surface area contributed by atoms with E-state index in [0.29, 0.717) is 17.5 Å². The van der Waals surface area contributed by atoms with Crippen molar-refractivity contribution < 1.29 is 38.3 Å². The summed E-state index contributed by atoms with van der Waals surface area (Å²) in [5, 5.41) is 2.55. The number of Topliss-reactive ketones (excluding diaryl/α,β-unsaturated/α-hetero) is 4. The van der Waals surface area contributed by atoms with Gasteiger partial charge in [-0.1, -0.05) is 111 Å². The van der Waals surface area contributed by atoms with E-state index in [9.17, 15) is 33.6 Å². The van der Waals surface area contributed by atoms with Crippen LogP contribution in [0.4, 0.5) is 0 Å². The zero-order chi connectivity index (χ0) is 42.5. The molecule has 11 heteroatoms. The number of hydrogen-bond acceptors (Lipinski definition) is 8. The molecule has 3 N–H and O–H groups in total. The van der Waals surface area contributed by atoms with Crippen molar-refractivity contribution in [1.29, 1.82) is 0 Å². The van der Waals surface area contributed by atoms with Gasteiger partial charge in [-0.2, -0.15) is 0 Å². The van der Waals surface area contributed by atoms with Gasteiger partial charge in [0.1, 0.15) is 6.04 Å². The van der Waals surface area contributed by atoms with Crippen molar-refractivity contribution in [3.63, 3.8) is 0 Å². The van der Waals surface area contributed by atoms with Gasteiger partial charge in [-0.3, -0.25) is 33.6 Å². The van der Waals surface area contributed by atoms with Gasteiger partial charge >= 0.3 is 0 Å². The lowest BCUT2D eigenvalue weighted by Crippen LogP contribution is -2.47. The van der Waals surface area contributed by atoms with Gasteiger partial charge in [-0.15, -0.1) is 0 Å². The van der Waals surface area contributed by atoms with Crippen LogP contribution in [0.15, 0.2) is 78.9 Å². The molecule has 0 aromatic heterocycles. The van der Waals surface area contributed by atoms with Crippen LogP contribution in [0.1, 0.15) is 123 Å². The normalized spacial score (nSPS) is 18.4. The molecule has 59 heavy (non-hydrogen) atoms. The van der Waals surface area contributed by atoms with E-state index in [2.05, 4.69) is 5.32 Å². The zero-order valence-corrected chi connectivity index (χ0v) is 34.7. The van der Waals surface area contributed by atoms with Crippen LogP contribution < -0.4 is 11.1 Å². The minimum atomic E-state index is -1.10. The number of primary amides is 1. The maximum Gasteiger partial charge on any atom is 0.244 e. The number of ether oxygens (including phenoxy) is 1. The van der Waals surface area contributed by atoms with Gasteiger partial charge < -0.3 is 20.7 Å². The highest BCUT2D eigenvalue weighted by atomic mass is 16.5. The molecule has 1 saturated heterocycles. The van der Waals surface area contributed by atoms with Gasteiger partial charge in [0, 0.05) is 56.0 Å². The Morgan fingerprint density at radius 2 is 1.51 bits per heavy atom. The Morgan fingerprint density at radius 3 is 2.17 bits per heavy atom. The molecule has 0 radical (unpaired) electrons. The molecule has 1 heterocycles. The number of carbonyl (C=O) groups is 7. The fourth-order valence-electron chi connectivity index (χ4n) is 8.65. The summed E-state index contributed by atoms with van der Waals surface area (Å²) < 4.78 is 6.32. The van der Waals surface area contributed by atoms with Crippen LogP contribution in [0, 0.1) is 31.6 Å². The number of aryl methyl sites for hydroxylation is 1. The quantitative estimate of drug-likeness (QED) is 0.0866. The summed E-state index contributed by atoms with van der Waals surface area (Å²) in [7, 11) is 0. The highest BCUT2D eigenvalue weighted by Gasteiger charge is 2.45. The van der Waals surface area contributed by atoms with Crippen LogP contribution in [-0.2, 0) is 40.1 Å². The lowest BCUT2D eigenvalue weighted by atomic mass is 9.76. The van der Waals surface area contributed by atoms with Gasteiger partial charge in [0.15, 0.2) is 17.3 Å². The first-order valence-corrected chi connectivity index (χ1v) is 21.2. The molecule has 3 aromatic rings. The minimum Gasteiger partial charge on any atom is -0.372 e. The second-order valence-corrected chi connectivity index (χ2v) is 16.3. The van der Waals surface area contributed by atoms with Crippen LogP contribution >= 0.6 is 0 Å². The molecule has 2 aliphatic rings. The third-order valence-electron chi connectivity index (χ3n) is 12.1. The topological polar surface area (TPSA) is 170 Å². The summed E-state index contributed by atoms with van der Waals surface area (Å²) in [6.45, 7) is 6.19. The van der Waals surface area contributed by atoms with Crippen molar-refractivity contribution in [2.45, 2.75) is 123 Å². The van der Waals surface area contributed by atoms with E-state index in [4.69, 9.17) is 10.5 Å². The number of likely N-dealkylation sites (tertiary alicyclic amines) is 1. The minimum absolute atomic E-state index is 0.0134. The number of nitrogens with zero attached hydrogens (tertiary/aromatic N) is 1. The Bertz CT molecular complexity index is 1960. The fourth-order valence-corrected chi connectivity index (χ4v) is 8.65. The number of hydrogen-bond donors (Lipinski definition) is 2. The van der Waals surface area contributed by atoms with Crippen molar-refractivity contribution in [3.8, 4) is 0 Å². The SMILES string of the molecule is CCCC(CC(=O)[C@@H]1C[C@@H](OCc2ccccc2)CN1C(=O)C(CC(=O)c1cccc(C)c1C)C1CCCCC1)C(=O)C(=O)CCC(=O)N[C@@H](C(N)=O)c1ccccc1. The molecule has 2 unspecified atom stereocenters. The molecule has 0 bridgehead atoms. The molecule has 3 aromatic carbocycles. The second kappa shape index (κ2) is 21.6. The standard InChI is InChI=1S/C48H59N3O8/c1-4-15-36(46(56)41(52)24-25-44(55)50-45(47(49)57)35-21-12-7-13-22-35)26-43(54)40-27-37(59-30-33-17-8-5-9-18-33)29-51(40)48(58)39(34-19-10-6-11-20-34)28-42(53)38-23-14-16-31(2)32(38)3/h5,7-9,12-14,16-18,21-23,34,36-37,39-40,45H,4,6,10-11,15,19-20,24-30H2,1-3H3,(H2,49,57)(H,50,55)/t36?,37-,39?,40+,45-/m1/s1. The van der Waals surface area contributed by atoms with Gasteiger partial charge in [0.25, 0.3) is 0 Å². The van der Waals surface area contributed by atoms with Crippen molar-refractivity contribution in [2.75, 3.05) is 6.54 Å². The predicted molar refractivity (Wildman–Crippen MR) is 224 cm³/mol. The molecule has 1 aliphatic heterocycles. The third-order valence-corrected chi connectivity index (χ3v) is 12.1. The molecular weight excluding hydrogens is 747 g/mol. The first kappa shape index (κ1) is 44.8. The summed E-state index contributed by atoms with van der Waals surface area (Å²) in [4.78, 5) is 96.7. The predicted octanol–water partition coefficient (Wildman–Crippen LogP) is 6.90.